The smallest absolute Gasteiger partial charge is 0.260 e. The second kappa shape index (κ2) is 8.55. The molecule has 0 aliphatic carbocycles. The fraction of sp³-hybridized carbons (Fsp3) is 0.0435. The number of hydrogen-bond donors (Lipinski definition) is 0. The van der Waals surface area contributed by atoms with Crippen molar-refractivity contribution in [2.24, 2.45) is 0 Å². The monoisotopic (exact) mass is 422 g/mol. The van der Waals surface area contributed by atoms with Gasteiger partial charge in [-0.2, -0.15) is 0 Å². The first-order valence-corrected chi connectivity index (χ1v) is 10.2. The van der Waals surface area contributed by atoms with Crippen LogP contribution in [0.3, 0.4) is 0 Å². The predicted molar refractivity (Wildman–Crippen MR) is 116 cm³/mol. The van der Waals surface area contributed by atoms with Crippen LogP contribution in [0.2, 0.25) is 5.02 Å². The second-order valence-electron chi connectivity index (χ2n) is 6.41. The van der Waals surface area contributed by atoms with E-state index >= 15 is 0 Å². The SMILES string of the molecule is O=C(c1cccc(F)c1)N(Cc1ccccc1)c1nc(-c2ccc(Cl)cc2)cs1. The number of aromatic nitrogens is 1. The van der Waals surface area contributed by atoms with E-state index in [9.17, 15) is 9.18 Å². The molecule has 0 bridgehead atoms. The van der Waals surface area contributed by atoms with Crippen LogP contribution < -0.4 is 4.90 Å². The first-order chi connectivity index (χ1) is 14.1. The summed E-state index contributed by atoms with van der Waals surface area (Å²) in [4.78, 5) is 19.4. The molecule has 0 unspecified atom stereocenters. The van der Waals surface area contributed by atoms with E-state index < -0.39 is 5.82 Å². The van der Waals surface area contributed by atoms with Gasteiger partial charge in [0, 0.05) is 21.5 Å². The molecule has 3 aromatic carbocycles. The number of hydrogen-bond acceptors (Lipinski definition) is 3. The lowest BCUT2D eigenvalue weighted by atomic mass is 10.1. The second-order valence-corrected chi connectivity index (χ2v) is 7.68. The molecule has 6 heteroatoms. The maximum absolute atomic E-state index is 13.7. The number of rotatable bonds is 5. The lowest BCUT2D eigenvalue weighted by Gasteiger charge is -2.20. The number of amides is 1. The number of halogens is 2. The van der Waals surface area contributed by atoms with Gasteiger partial charge in [-0.25, -0.2) is 9.37 Å². The van der Waals surface area contributed by atoms with Crippen LogP contribution in [0.4, 0.5) is 9.52 Å². The van der Waals surface area contributed by atoms with E-state index in [0.29, 0.717) is 16.7 Å². The molecule has 1 amide bonds. The van der Waals surface area contributed by atoms with Crippen molar-refractivity contribution in [2.75, 3.05) is 4.90 Å². The highest BCUT2D eigenvalue weighted by atomic mass is 35.5. The maximum atomic E-state index is 13.7. The van der Waals surface area contributed by atoms with Crippen molar-refractivity contribution >= 4 is 34.0 Å². The van der Waals surface area contributed by atoms with Crippen molar-refractivity contribution in [3.05, 3.63) is 106 Å². The summed E-state index contributed by atoms with van der Waals surface area (Å²) in [6.45, 7) is 0.337. The van der Waals surface area contributed by atoms with E-state index in [1.54, 1.807) is 23.1 Å². The molecule has 0 aliphatic rings. The Balaban J connectivity index is 1.70. The van der Waals surface area contributed by atoms with E-state index in [-0.39, 0.29) is 11.5 Å². The molecule has 0 aliphatic heterocycles. The van der Waals surface area contributed by atoms with Gasteiger partial charge in [-0.3, -0.25) is 9.69 Å². The summed E-state index contributed by atoms with van der Waals surface area (Å²) >= 11 is 7.34. The highest BCUT2D eigenvalue weighted by molar-refractivity contribution is 7.14. The molecule has 0 saturated heterocycles. The molecule has 0 N–H and O–H groups in total. The summed E-state index contributed by atoms with van der Waals surface area (Å²) in [5, 5.41) is 3.10. The van der Waals surface area contributed by atoms with E-state index in [2.05, 4.69) is 4.98 Å². The summed E-state index contributed by atoms with van der Waals surface area (Å²) in [5.74, 6) is -0.748. The molecule has 0 fully saturated rings. The Labute approximate surface area is 177 Å². The van der Waals surface area contributed by atoms with Gasteiger partial charge in [-0.05, 0) is 35.9 Å². The van der Waals surface area contributed by atoms with E-state index in [0.717, 1.165) is 16.8 Å². The molecule has 1 heterocycles. The Bertz CT molecular complexity index is 1130. The summed E-state index contributed by atoms with van der Waals surface area (Å²) in [5.41, 5.74) is 2.91. The van der Waals surface area contributed by atoms with Gasteiger partial charge in [-0.1, -0.05) is 60.1 Å². The zero-order valence-corrected chi connectivity index (χ0v) is 16.8. The number of anilines is 1. The van der Waals surface area contributed by atoms with Gasteiger partial charge in [-0.15, -0.1) is 11.3 Å². The van der Waals surface area contributed by atoms with Gasteiger partial charge in [0.15, 0.2) is 5.13 Å². The molecular formula is C23H16ClFN2OS. The lowest BCUT2D eigenvalue weighted by molar-refractivity contribution is 0.0984. The van der Waals surface area contributed by atoms with Crippen molar-refractivity contribution in [3.8, 4) is 11.3 Å². The van der Waals surface area contributed by atoms with Gasteiger partial charge in [0.25, 0.3) is 5.91 Å². The molecule has 1 aromatic heterocycles. The van der Waals surface area contributed by atoms with Crippen LogP contribution in [0.15, 0.2) is 84.2 Å². The molecule has 0 spiro atoms. The highest BCUT2D eigenvalue weighted by Gasteiger charge is 2.22. The van der Waals surface area contributed by atoms with Crippen LogP contribution in [-0.2, 0) is 6.54 Å². The largest absolute Gasteiger partial charge is 0.279 e. The van der Waals surface area contributed by atoms with Crippen molar-refractivity contribution in [2.45, 2.75) is 6.54 Å². The molecule has 4 aromatic rings. The Morgan fingerprint density at radius 3 is 2.48 bits per heavy atom. The predicted octanol–water partition coefficient (Wildman–Crippen LogP) is 6.45. The van der Waals surface area contributed by atoms with Crippen LogP contribution in [0.1, 0.15) is 15.9 Å². The number of nitrogens with zero attached hydrogens (tertiary/aromatic N) is 2. The first-order valence-electron chi connectivity index (χ1n) is 8.93. The van der Waals surface area contributed by atoms with Crippen LogP contribution in [0, 0.1) is 5.82 Å². The molecule has 144 valence electrons. The van der Waals surface area contributed by atoms with Crippen LogP contribution in [0.25, 0.3) is 11.3 Å². The zero-order valence-electron chi connectivity index (χ0n) is 15.3. The number of carbonyl (C=O) groups excluding carboxylic acids is 1. The summed E-state index contributed by atoms with van der Waals surface area (Å²) < 4.78 is 13.7. The fourth-order valence-electron chi connectivity index (χ4n) is 2.91. The van der Waals surface area contributed by atoms with Crippen molar-refractivity contribution < 1.29 is 9.18 Å². The molecule has 4 rings (SSSR count). The average Bonchev–Trinajstić information content (AvgIpc) is 3.23. The van der Waals surface area contributed by atoms with Crippen LogP contribution in [0.5, 0.6) is 0 Å². The van der Waals surface area contributed by atoms with E-state index in [4.69, 9.17) is 11.6 Å². The third kappa shape index (κ3) is 4.53. The Hall–Kier alpha value is -3.02. The van der Waals surface area contributed by atoms with Gasteiger partial charge in [0.2, 0.25) is 0 Å². The highest BCUT2D eigenvalue weighted by Crippen LogP contribution is 2.30. The van der Waals surface area contributed by atoms with Gasteiger partial charge >= 0.3 is 0 Å². The van der Waals surface area contributed by atoms with Crippen molar-refractivity contribution in [3.63, 3.8) is 0 Å². The Morgan fingerprint density at radius 2 is 1.76 bits per heavy atom. The minimum Gasteiger partial charge on any atom is -0.279 e. The number of benzene rings is 3. The van der Waals surface area contributed by atoms with E-state index in [1.165, 1.54) is 29.5 Å². The van der Waals surface area contributed by atoms with E-state index in [1.807, 2.05) is 47.8 Å². The third-order valence-corrected chi connectivity index (χ3v) is 5.48. The zero-order chi connectivity index (χ0) is 20.2. The third-order valence-electron chi connectivity index (χ3n) is 4.36. The minimum atomic E-state index is -0.448. The Kier molecular flexibility index (Phi) is 5.69. The van der Waals surface area contributed by atoms with Crippen LogP contribution in [-0.4, -0.2) is 10.9 Å². The average molecular weight is 423 g/mol. The maximum Gasteiger partial charge on any atom is 0.260 e. The molecular weight excluding hydrogens is 407 g/mol. The molecule has 0 radical (unpaired) electrons. The van der Waals surface area contributed by atoms with Gasteiger partial charge < -0.3 is 0 Å². The fourth-order valence-corrected chi connectivity index (χ4v) is 3.87. The van der Waals surface area contributed by atoms with Crippen molar-refractivity contribution in [1.82, 2.24) is 4.98 Å². The molecule has 0 atom stereocenters. The van der Waals surface area contributed by atoms with Crippen molar-refractivity contribution in [1.29, 1.82) is 0 Å². The van der Waals surface area contributed by atoms with Crippen LogP contribution >= 0.6 is 22.9 Å². The Morgan fingerprint density at radius 1 is 1.00 bits per heavy atom. The molecule has 0 saturated carbocycles. The topological polar surface area (TPSA) is 33.2 Å². The lowest BCUT2D eigenvalue weighted by Crippen LogP contribution is -2.30. The summed E-state index contributed by atoms with van der Waals surface area (Å²) in [6.07, 6.45) is 0. The number of carbonyl (C=O) groups is 1. The standard InChI is InChI=1S/C23H16ClFN2OS/c24-19-11-9-17(10-12-19)21-15-29-23(26-21)27(14-16-5-2-1-3-6-16)22(28)18-7-4-8-20(25)13-18/h1-13,15H,14H2. The number of thiazole rings is 1. The molecule has 29 heavy (non-hydrogen) atoms. The summed E-state index contributed by atoms with van der Waals surface area (Å²) in [7, 11) is 0. The quantitative estimate of drug-likeness (QED) is 0.370. The normalized spacial score (nSPS) is 10.7. The first kappa shape index (κ1) is 19.3. The minimum absolute atomic E-state index is 0.282. The molecule has 3 nitrogen and oxygen atoms in total. The van der Waals surface area contributed by atoms with Gasteiger partial charge in [0.05, 0.1) is 12.2 Å². The van der Waals surface area contributed by atoms with Gasteiger partial charge in [0.1, 0.15) is 5.82 Å². The summed E-state index contributed by atoms with van der Waals surface area (Å²) in [6, 6.07) is 22.7.